The molecule has 0 aliphatic rings. The molecule has 96 valence electrons. The van der Waals surface area contributed by atoms with E-state index in [1.807, 2.05) is 0 Å². The highest BCUT2D eigenvalue weighted by Gasteiger charge is 2.10. The number of rotatable bonds is 6. The Kier molecular flexibility index (Phi) is 5.11. The number of hydrogen-bond donors (Lipinski definition) is 2. The smallest absolute Gasteiger partial charge is 0.175 e. The Balaban J connectivity index is 2.67. The molecule has 0 amide bonds. The van der Waals surface area contributed by atoms with E-state index in [2.05, 4.69) is 0 Å². The molecule has 0 saturated carbocycles. The molecule has 0 heterocycles. The monoisotopic (exact) mass is 258 g/mol. The van der Waals surface area contributed by atoms with Gasteiger partial charge in [-0.05, 0) is 37.0 Å². The minimum absolute atomic E-state index is 0.125. The second-order valence-corrected chi connectivity index (χ2v) is 6.09. The van der Waals surface area contributed by atoms with Crippen molar-refractivity contribution in [3.63, 3.8) is 0 Å². The highest BCUT2D eigenvalue weighted by Crippen LogP contribution is 2.20. The van der Waals surface area contributed by atoms with Crippen molar-refractivity contribution in [2.75, 3.05) is 12.9 Å². The Labute approximate surface area is 102 Å². The maximum absolute atomic E-state index is 11.2. The molecule has 2 N–H and O–H groups in total. The first kappa shape index (κ1) is 14.2. The molecule has 5 heteroatoms. The third kappa shape index (κ3) is 4.46. The average Bonchev–Trinajstić information content (AvgIpc) is 2.28. The number of unbranched alkanes of at least 4 members (excludes halogenated alkanes) is 1. The van der Waals surface area contributed by atoms with Gasteiger partial charge in [0.1, 0.15) is 0 Å². The predicted molar refractivity (Wildman–Crippen MR) is 65.4 cm³/mol. The number of hydrogen-bond acceptors (Lipinski definition) is 4. The minimum Gasteiger partial charge on any atom is -0.396 e. The molecule has 17 heavy (non-hydrogen) atoms. The van der Waals surface area contributed by atoms with Crippen molar-refractivity contribution in [1.29, 1.82) is 0 Å². The summed E-state index contributed by atoms with van der Waals surface area (Å²) in [5.74, 6) is 0. The first-order valence-electron chi connectivity index (χ1n) is 5.54. The minimum atomic E-state index is -3.18. The number of aliphatic hydroxyl groups is 2. The van der Waals surface area contributed by atoms with E-state index in [0.29, 0.717) is 18.4 Å². The fourth-order valence-electron chi connectivity index (χ4n) is 1.55. The Morgan fingerprint density at radius 1 is 1.18 bits per heavy atom. The molecule has 0 bridgehead atoms. The van der Waals surface area contributed by atoms with Crippen LogP contribution in [0.4, 0.5) is 0 Å². The van der Waals surface area contributed by atoms with Crippen LogP contribution in [0.2, 0.25) is 0 Å². The largest absolute Gasteiger partial charge is 0.396 e. The van der Waals surface area contributed by atoms with Crippen molar-refractivity contribution in [1.82, 2.24) is 0 Å². The van der Waals surface area contributed by atoms with E-state index >= 15 is 0 Å². The summed E-state index contributed by atoms with van der Waals surface area (Å²) in [7, 11) is -3.18. The first-order valence-corrected chi connectivity index (χ1v) is 7.43. The van der Waals surface area contributed by atoms with Gasteiger partial charge in [-0.15, -0.1) is 0 Å². The number of aliphatic hydroxyl groups excluding tert-OH is 2. The van der Waals surface area contributed by atoms with Crippen LogP contribution in [0.3, 0.4) is 0 Å². The van der Waals surface area contributed by atoms with Crippen molar-refractivity contribution >= 4 is 9.84 Å². The summed E-state index contributed by atoms with van der Waals surface area (Å²) in [6, 6.07) is 6.25. The highest BCUT2D eigenvalue weighted by molar-refractivity contribution is 7.90. The SMILES string of the molecule is CS(=O)(=O)c1ccc(C(O)CCCCO)cc1. The Morgan fingerprint density at radius 2 is 1.76 bits per heavy atom. The van der Waals surface area contributed by atoms with Crippen LogP contribution in [0.5, 0.6) is 0 Å². The van der Waals surface area contributed by atoms with E-state index in [1.54, 1.807) is 12.1 Å². The van der Waals surface area contributed by atoms with Crippen LogP contribution < -0.4 is 0 Å². The van der Waals surface area contributed by atoms with Crippen molar-refractivity contribution in [3.8, 4) is 0 Å². The van der Waals surface area contributed by atoms with Crippen LogP contribution >= 0.6 is 0 Å². The van der Waals surface area contributed by atoms with Gasteiger partial charge in [0.05, 0.1) is 11.0 Å². The lowest BCUT2D eigenvalue weighted by atomic mass is 10.0. The van der Waals surface area contributed by atoms with E-state index in [-0.39, 0.29) is 11.5 Å². The zero-order valence-corrected chi connectivity index (χ0v) is 10.7. The molecule has 1 unspecified atom stereocenters. The fraction of sp³-hybridized carbons (Fsp3) is 0.500. The molecule has 0 saturated heterocycles. The summed E-state index contributed by atoms with van der Waals surface area (Å²) in [4.78, 5) is 0.254. The van der Waals surface area contributed by atoms with Crippen molar-refractivity contribution in [2.24, 2.45) is 0 Å². The van der Waals surface area contributed by atoms with E-state index < -0.39 is 15.9 Å². The van der Waals surface area contributed by atoms with Crippen molar-refractivity contribution in [2.45, 2.75) is 30.3 Å². The van der Waals surface area contributed by atoms with E-state index in [4.69, 9.17) is 5.11 Å². The van der Waals surface area contributed by atoms with Gasteiger partial charge in [0, 0.05) is 12.9 Å². The lowest BCUT2D eigenvalue weighted by molar-refractivity contribution is 0.159. The maximum atomic E-state index is 11.2. The van der Waals surface area contributed by atoms with Crippen LogP contribution in [0.15, 0.2) is 29.2 Å². The molecule has 1 rings (SSSR count). The highest BCUT2D eigenvalue weighted by atomic mass is 32.2. The molecule has 0 aromatic heterocycles. The van der Waals surface area contributed by atoms with Gasteiger partial charge < -0.3 is 10.2 Å². The fourth-order valence-corrected chi connectivity index (χ4v) is 2.18. The molecule has 4 nitrogen and oxygen atoms in total. The Bertz CT molecular complexity index is 436. The summed E-state index contributed by atoms with van der Waals surface area (Å²) in [5.41, 5.74) is 0.704. The summed E-state index contributed by atoms with van der Waals surface area (Å²) >= 11 is 0. The van der Waals surface area contributed by atoms with Crippen LogP contribution in [0.1, 0.15) is 30.9 Å². The second-order valence-electron chi connectivity index (χ2n) is 4.08. The number of sulfone groups is 1. The normalized spacial score (nSPS) is 13.6. The summed E-state index contributed by atoms with van der Waals surface area (Å²) < 4.78 is 22.5. The molecule has 0 aliphatic carbocycles. The topological polar surface area (TPSA) is 74.6 Å². The number of benzene rings is 1. The molecule has 0 radical (unpaired) electrons. The lowest BCUT2D eigenvalue weighted by Gasteiger charge is -2.10. The molecule has 0 fully saturated rings. The second kappa shape index (κ2) is 6.14. The van der Waals surface area contributed by atoms with Gasteiger partial charge in [0.25, 0.3) is 0 Å². The molecular weight excluding hydrogens is 240 g/mol. The van der Waals surface area contributed by atoms with Crippen molar-refractivity contribution in [3.05, 3.63) is 29.8 Å². The zero-order valence-electron chi connectivity index (χ0n) is 9.83. The van der Waals surface area contributed by atoms with Gasteiger partial charge in [-0.1, -0.05) is 12.1 Å². The predicted octanol–water partition coefficient (Wildman–Crippen LogP) is 1.29. The summed E-state index contributed by atoms with van der Waals surface area (Å²) in [6.45, 7) is 0.125. The molecule has 1 aromatic rings. The third-order valence-corrected chi connectivity index (χ3v) is 3.71. The van der Waals surface area contributed by atoms with Gasteiger partial charge in [-0.3, -0.25) is 0 Å². The molecular formula is C12H18O4S. The average molecular weight is 258 g/mol. The van der Waals surface area contributed by atoms with Crippen LogP contribution in [-0.4, -0.2) is 31.5 Å². The van der Waals surface area contributed by atoms with Crippen LogP contribution in [0.25, 0.3) is 0 Å². The zero-order chi connectivity index (χ0) is 12.9. The quantitative estimate of drug-likeness (QED) is 0.754. The third-order valence-electron chi connectivity index (χ3n) is 2.58. The van der Waals surface area contributed by atoms with Crippen LogP contribution in [0, 0.1) is 0 Å². The lowest BCUT2D eigenvalue weighted by Crippen LogP contribution is -2.00. The van der Waals surface area contributed by atoms with Gasteiger partial charge in [0.2, 0.25) is 0 Å². The van der Waals surface area contributed by atoms with E-state index in [0.717, 1.165) is 12.7 Å². The maximum Gasteiger partial charge on any atom is 0.175 e. The first-order chi connectivity index (χ1) is 7.95. The summed E-state index contributed by atoms with van der Waals surface area (Å²) in [6.07, 6.45) is 2.53. The standard InChI is InChI=1S/C12H18O4S/c1-17(15,16)11-7-5-10(6-8-11)12(14)4-2-3-9-13/h5-8,12-14H,2-4,9H2,1H3. The van der Waals surface area contributed by atoms with Crippen LogP contribution in [-0.2, 0) is 9.84 Å². The van der Waals surface area contributed by atoms with Gasteiger partial charge in [-0.2, -0.15) is 0 Å². The van der Waals surface area contributed by atoms with E-state index in [1.165, 1.54) is 12.1 Å². The Hall–Kier alpha value is -0.910. The van der Waals surface area contributed by atoms with Gasteiger partial charge in [-0.25, -0.2) is 8.42 Å². The molecule has 1 aromatic carbocycles. The molecule has 0 spiro atoms. The molecule has 0 aliphatic heterocycles. The Morgan fingerprint density at radius 3 is 2.24 bits per heavy atom. The van der Waals surface area contributed by atoms with Gasteiger partial charge >= 0.3 is 0 Å². The summed E-state index contributed by atoms with van der Waals surface area (Å²) in [5, 5.41) is 18.4. The molecule has 1 atom stereocenters. The van der Waals surface area contributed by atoms with Crippen molar-refractivity contribution < 1.29 is 18.6 Å². The van der Waals surface area contributed by atoms with Gasteiger partial charge in [0.15, 0.2) is 9.84 Å². The van der Waals surface area contributed by atoms with E-state index in [9.17, 15) is 13.5 Å².